The van der Waals surface area contributed by atoms with Crippen LogP contribution in [-0.4, -0.2) is 19.7 Å². The summed E-state index contributed by atoms with van der Waals surface area (Å²) in [6.45, 7) is 4.13. The van der Waals surface area contributed by atoms with Gasteiger partial charge in [-0.15, -0.1) is 0 Å². The minimum absolute atomic E-state index is 0.241. The molecule has 1 fully saturated rings. The van der Waals surface area contributed by atoms with Crippen molar-refractivity contribution in [2.75, 3.05) is 19.7 Å². The van der Waals surface area contributed by atoms with E-state index in [0.717, 1.165) is 19.0 Å². The summed E-state index contributed by atoms with van der Waals surface area (Å²) in [5.41, 5.74) is 0.632. The van der Waals surface area contributed by atoms with Gasteiger partial charge in [0.05, 0.1) is 0 Å². The summed E-state index contributed by atoms with van der Waals surface area (Å²) in [7, 11) is 0. The van der Waals surface area contributed by atoms with Gasteiger partial charge in [-0.05, 0) is 43.9 Å². The minimum atomic E-state index is -0.241. The van der Waals surface area contributed by atoms with Crippen molar-refractivity contribution < 1.29 is 9.13 Å². The molecule has 1 N–H and O–H groups in total. The number of hydrogen-bond donors (Lipinski definition) is 1. The fraction of sp³-hybridized carbons (Fsp3) is 0.625. The number of benzene rings is 1. The van der Waals surface area contributed by atoms with Crippen LogP contribution in [-0.2, 0) is 0 Å². The van der Waals surface area contributed by atoms with Crippen molar-refractivity contribution in [1.29, 1.82) is 0 Å². The van der Waals surface area contributed by atoms with Crippen molar-refractivity contribution in [2.24, 2.45) is 5.92 Å². The molecule has 0 radical (unpaired) electrons. The predicted octanol–water partition coefficient (Wildman–Crippen LogP) is 3.68. The maximum Gasteiger partial charge on any atom is 0.167 e. The first-order chi connectivity index (χ1) is 9.27. The summed E-state index contributed by atoms with van der Waals surface area (Å²) in [6.07, 6.45) is 6.83. The summed E-state index contributed by atoms with van der Waals surface area (Å²) in [5, 5.41) is 3.41. The third-order valence-corrected chi connectivity index (χ3v) is 3.85. The Bertz CT molecular complexity index is 388. The molecule has 0 spiro atoms. The molecular formula is C16H24FNO. The molecule has 0 aliphatic heterocycles. The molecule has 3 heteroatoms. The summed E-state index contributed by atoms with van der Waals surface area (Å²) in [6, 6.07) is 5.26. The first-order valence-electron chi connectivity index (χ1n) is 7.36. The Morgan fingerprint density at radius 2 is 2.05 bits per heavy atom. The lowest BCUT2D eigenvalue weighted by Gasteiger charge is -2.21. The van der Waals surface area contributed by atoms with E-state index >= 15 is 0 Å². The zero-order valence-electron chi connectivity index (χ0n) is 11.8. The van der Waals surface area contributed by atoms with E-state index in [4.69, 9.17) is 4.74 Å². The van der Waals surface area contributed by atoms with Gasteiger partial charge in [-0.3, -0.25) is 0 Å². The van der Waals surface area contributed by atoms with Crippen LogP contribution in [0.4, 0.5) is 4.39 Å². The van der Waals surface area contributed by atoms with Gasteiger partial charge in [0.2, 0.25) is 0 Å². The molecule has 1 aliphatic rings. The molecule has 0 saturated heterocycles. The Labute approximate surface area is 115 Å². The second-order valence-corrected chi connectivity index (χ2v) is 5.44. The standard InChI is InChI=1S/C16H24FNO/c1-13-6-5-9-15(16(13)17)19-11-10-18-12-14-7-3-2-4-8-14/h5-6,9,14,18H,2-4,7-8,10-12H2,1H3. The molecule has 0 bridgehead atoms. The SMILES string of the molecule is Cc1cccc(OCCNCC2CCCCC2)c1F. The lowest BCUT2D eigenvalue weighted by molar-refractivity contribution is 0.284. The molecule has 2 rings (SSSR count). The van der Waals surface area contributed by atoms with Crippen LogP contribution < -0.4 is 10.1 Å². The molecule has 0 atom stereocenters. The molecule has 0 aromatic heterocycles. The topological polar surface area (TPSA) is 21.3 Å². The molecule has 2 nitrogen and oxygen atoms in total. The highest BCUT2D eigenvalue weighted by molar-refractivity contribution is 5.29. The van der Waals surface area contributed by atoms with Crippen LogP contribution in [0, 0.1) is 18.7 Å². The Balaban J connectivity index is 1.62. The quantitative estimate of drug-likeness (QED) is 0.792. The van der Waals surface area contributed by atoms with E-state index in [9.17, 15) is 4.39 Å². The van der Waals surface area contributed by atoms with Crippen molar-refractivity contribution in [3.63, 3.8) is 0 Å². The Morgan fingerprint density at radius 1 is 1.26 bits per heavy atom. The molecule has 106 valence electrons. The van der Waals surface area contributed by atoms with Crippen molar-refractivity contribution in [1.82, 2.24) is 5.32 Å². The average Bonchev–Trinajstić information content (AvgIpc) is 2.44. The zero-order chi connectivity index (χ0) is 13.5. The molecule has 1 saturated carbocycles. The third-order valence-electron chi connectivity index (χ3n) is 3.85. The first-order valence-corrected chi connectivity index (χ1v) is 7.36. The molecule has 1 aromatic rings. The van der Waals surface area contributed by atoms with Gasteiger partial charge in [0.15, 0.2) is 11.6 Å². The van der Waals surface area contributed by atoms with Gasteiger partial charge in [-0.2, -0.15) is 0 Å². The molecule has 1 aliphatic carbocycles. The maximum absolute atomic E-state index is 13.7. The minimum Gasteiger partial charge on any atom is -0.489 e. The molecule has 0 unspecified atom stereocenters. The fourth-order valence-electron chi connectivity index (χ4n) is 2.66. The van der Waals surface area contributed by atoms with Gasteiger partial charge >= 0.3 is 0 Å². The van der Waals surface area contributed by atoms with Gasteiger partial charge in [0, 0.05) is 6.54 Å². The largest absolute Gasteiger partial charge is 0.489 e. The monoisotopic (exact) mass is 265 g/mol. The van der Waals surface area contributed by atoms with Crippen LogP contribution in [0.5, 0.6) is 5.75 Å². The predicted molar refractivity (Wildman–Crippen MR) is 76.1 cm³/mol. The van der Waals surface area contributed by atoms with E-state index in [-0.39, 0.29) is 5.82 Å². The lowest BCUT2D eigenvalue weighted by atomic mass is 9.89. The summed E-state index contributed by atoms with van der Waals surface area (Å²) >= 11 is 0. The highest BCUT2D eigenvalue weighted by Gasteiger charge is 2.12. The first kappa shape index (κ1) is 14.3. The summed E-state index contributed by atoms with van der Waals surface area (Å²) in [4.78, 5) is 0. The van der Waals surface area contributed by atoms with Crippen molar-refractivity contribution in [3.8, 4) is 5.75 Å². The van der Waals surface area contributed by atoms with Crippen LogP contribution in [0.3, 0.4) is 0 Å². The highest BCUT2D eigenvalue weighted by atomic mass is 19.1. The van der Waals surface area contributed by atoms with Crippen LogP contribution in [0.15, 0.2) is 18.2 Å². The highest BCUT2D eigenvalue weighted by Crippen LogP contribution is 2.22. The summed E-state index contributed by atoms with van der Waals surface area (Å²) < 4.78 is 19.1. The van der Waals surface area contributed by atoms with Crippen LogP contribution >= 0.6 is 0 Å². The number of halogens is 1. The summed E-state index contributed by atoms with van der Waals surface area (Å²) in [5.74, 6) is 0.943. The number of hydrogen-bond acceptors (Lipinski definition) is 2. The molecular weight excluding hydrogens is 241 g/mol. The maximum atomic E-state index is 13.7. The van der Waals surface area contributed by atoms with Crippen molar-refractivity contribution >= 4 is 0 Å². The number of aryl methyl sites for hydroxylation is 1. The van der Waals surface area contributed by atoms with Crippen LogP contribution in [0.1, 0.15) is 37.7 Å². The number of nitrogens with one attached hydrogen (secondary N) is 1. The normalized spacial score (nSPS) is 16.5. The smallest absolute Gasteiger partial charge is 0.167 e. The van der Waals surface area contributed by atoms with E-state index in [0.29, 0.717) is 17.9 Å². The van der Waals surface area contributed by atoms with Gasteiger partial charge in [0.1, 0.15) is 6.61 Å². The second kappa shape index (κ2) is 7.49. The van der Waals surface area contributed by atoms with Crippen LogP contribution in [0.2, 0.25) is 0 Å². The zero-order valence-corrected chi connectivity index (χ0v) is 11.8. The van der Waals surface area contributed by atoms with Crippen molar-refractivity contribution in [3.05, 3.63) is 29.6 Å². The van der Waals surface area contributed by atoms with Gasteiger partial charge in [-0.1, -0.05) is 31.4 Å². The third kappa shape index (κ3) is 4.50. The van der Waals surface area contributed by atoms with Crippen LogP contribution in [0.25, 0.3) is 0 Å². The average molecular weight is 265 g/mol. The number of rotatable bonds is 6. The van der Waals surface area contributed by atoms with Crippen molar-refractivity contribution in [2.45, 2.75) is 39.0 Å². The molecule has 0 amide bonds. The van der Waals surface area contributed by atoms with E-state index in [2.05, 4.69) is 5.32 Å². The fourth-order valence-corrected chi connectivity index (χ4v) is 2.66. The van der Waals surface area contributed by atoms with E-state index in [1.807, 2.05) is 6.07 Å². The van der Waals surface area contributed by atoms with Gasteiger partial charge < -0.3 is 10.1 Å². The second-order valence-electron chi connectivity index (χ2n) is 5.44. The number of ether oxygens (including phenoxy) is 1. The molecule has 1 aromatic carbocycles. The van der Waals surface area contributed by atoms with Gasteiger partial charge in [-0.25, -0.2) is 4.39 Å². The molecule has 19 heavy (non-hydrogen) atoms. The molecule has 0 heterocycles. The lowest BCUT2D eigenvalue weighted by Crippen LogP contribution is -2.28. The Morgan fingerprint density at radius 3 is 2.84 bits per heavy atom. The van der Waals surface area contributed by atoms with E-state index in [1.54, 1.807) is 19.1 Å². The van der Waals surface area contributed by atoms with E-state index < -0.39 is 0 Å². The van der Waals surface area contributed by atoms with Gasteiger partial charge in [0.25, 0.3) is 0 Å². The van der Waals surface area contributed by atoms with E-state index in [1.165, 1.54) is 32.1 Å². The Hall–Kier alpha value is -1.09. The Kier molecular flexibility index (Phi) is 5.64.